The van der Waals surface area contributed by atoms with Gasteiger partial charge in [0.2, 0.25) is 5.43 Å². The molecule has 0 bridgehead atoms. The first kappa shape index (κ1) is 15.4. The molecule has 9 heteroatoms. The second kappa shape index (κ2) is 5.20. The average molecular weight is 349 g/mol. The van der Waals surface area contributed by atoms with Gasteiger partial charge in [0.1, 0.15) is 11.3 Å². The number of hydrogen-bond acceptors (Lipinski definition) is 3. The van der Waals surface area contributed by atoms with Crippen molar-refractivity contribution in [2.45, 2.75) is 18.9 Å². The zero-order chi connectivity index (χ0) is 17.9. The Balaban J connectivity index is 2.22. The SMILES string of the molecule is O=C(O)c1cn(C2CC2)c2c(F)c(-n3ccnc3)c(F)c(F)c2c1=O. The smallest absolute Gasteiger partial charge is 0.341 e. The molecular formula is C16H10F3N3O3. The fourth-order valence-electron chi connectivity index (χ4n) is 2.89. The van der Waals surface area contributed by atoms with Gasteiger partial charge in [0.15, 0.2) is 17.5 Å². The van der Waals surface area contributed by atoms with E-state index in [2.05, 4.69) is 4.98 Å². The summed E-state index contributed by atoms with van der Waals surface area (Å²) in [6.07, 6.45) is 5.83. The summed E-state index contributed by atoms with van der Waals surface area (Å²) in [5.74, 6) is -5.89. The lowest BCUT2D eigenvalue weighted by Crippen LogP contribution is -2.22. The van der Waals surface area contributed by atoms with Crippen molar-refractivity contribution >= 4 is 16.9 Å². The van der Waals surface area contributed by atoms with Gasteiger partial charge in [0.25, 0.3) is 0 Å². The Hall–Kier alpha value is -3.10. The van der Waals surface area contributed by atoms with Crippen LogP contribution in [0.25, 0.3) is 16.6 Å². The third-order valence-corrected chi connectivity index (χ3v) is 4.20. The number of aromatic carboxylic acids is 1. The molecule has 0 aliphatic heterocycles. The minimum absolute atomic E-state index is 0.267. The van der Waals surface area contributed by atoms with E-state index >= 15 is 4.39 Å². The van der Waals surface area contributed by atoms with Gasteiger partial charge < -0.3 is 14.2 Å². The topological polar surface area (TPSA) is 77.1 Å². The number of hydrogen-bond donors (Lipinski definition) is 1. The van der Waals surface area contributed by atoms with E-state index in [-0.39, 0.29) is 6.04 Å². The van der Waals surface area contributed by atoms with Gasteiger partial charge in [-0.25, -0.2) is 22.9 Å². The van der Waals surface area contributed by atoms with Crippen molar-refractivity contribution in [1.82, 2.24) is 14.1 Å². The summed E-state index contributed by atoms with van der Waals surface area (Å²) >= 11 is 0. The molecule has 0 amide bonds. The molecule has 0 atom stereocenters. The highest BCUT2D eigenvalue weighted by Gasteiger charge is 2.32. The Kier molecular flexibility index (Phi) is 3.21. The quantitative estimate of drug-likeness (QED) is 0.738. The standard InChI is InChI=1S/C16H10F3N3O3/c17-10-9-13(12(19)14(11(10)18)21-4-3-20-6-21)22(7-1-2-7)5-8(15(9)23)16(24)25/h3-7H,1-2H2,(H,24,25). The lowest BCUT2D eigenvalue weighted by molar-refractivity contribution is 0.0695. The molecule has 2 aromatic heterocycles. The van der Waals surface area contributed by atoms with Gasteiger partial charge >= 0.3 is 5.97 Å². The molecule has 1 aromatic carbocycles. The molecule has 4 rings (SSSR count). The number of carboxylic acid groups (broad SMARTS) is 1. The van der Waals surface area contributed by atoms with Crippen LogP contribution >= 0.6 is 0 Å². The zero-order valence-corrected chi connectivity index (χ0v) is 12.5. The Labute approximate surface area is 137 Å². The maximum atomic E-state index is 15.1. The number of rotatable bonds is 3. The van der Waals surface area contributed by atoms with Crippen LogP contribution < -0.4 is 5.43 Å². The van der Waals surface area contributed by atoms with Gasteiger partial charge in [-0.05, 0) is 12.8 Å². The molecule has 0 spiro atoms. The summed E-state index contributed by atoms with van der Waals surface area (Å²) in [5, 5.41) is 8.25. The highest BCUT2D eigenvalue weighted by atomic mass is 19.2. The molecule has 1 fully saturated rings. The number of fused-ring (bicyclic) bond motifs is 1. The Bertz CT molecular complexity index is 1090. The van der Waals surface area contributed by atoms with Crippen LogP contribution in [0.1, 0.15) is 29.2 Å². The first-order valence-corrected chi connectivity index (χ1v) is 7.38. The average Bonchev–Trinajstić information content (AvgIpc) is 3.28. The van der Waals surface area contributed by atoms with Crippen molar-refractivity contribution in [2.75, 3.05) is 0 Å². The van der Waals surface area contributed by atoms with E-state index < -0.39 is 51.0 Å². The van der Waals surface area contributed by atoms with Gasteiger partial charge in [-0.3, -0.25) is 4.79 Å². The van der Waals surface area contributed by atoms with E-state index in [1.54, 1.807) is 0 Å². The number of benzene rings is 1. The molecule has 1 aliphatic rings. The van der Waals surface area contributed by atoms with Crippen LogP contribution in [0.5, 0.6) is 0 Å². The third kappa shape index (κ3) is 2.15. The van der Waals surface area contributed by atoms with Crippen LogP contribution in [0, 0.1) is 17.5 Å². The normalized spacial score (nSPS) is 14.2. The molecule has 6 nitrogen and oxygen atoms in total. The largest absolute Gasteiger partial charge is 0.477 e. The Morgan fingerprint density at radius 3 is 2.48 bits per heavy atom. The predicted molar refractivity (Wildman–Crippen MR) is 80.4 cm³/mol. The second-order valence-electron chi connectivity index (χ2n) is 5.80. The van der Waals surface area contributed by atoms with E-state index in [0.29, 0.717) is 12.8 Å². The second-order valence-corrected chi connectivity index (χ2v) is 5.80. The first-order valence-electron chi connectivity index (χ1n) is 7.38. The Morgan fingerprint density at radius 2 is 1.92 bits per heavy atom. The molecule has 2 heterocycles. The zero-order valence-electron chi connectivity index (χ0n) is 12.5. The van der Waals surface area contributed by atoms with Crippen molar-refractivity contribution in [3.05, 3.63) is 58.2 Å². The van der Waals surface area contributed by atoms with E-state index in [0.717, 1.165) is 17.1 Å². The van der Waals surface area contributed by atoms with Gasteiger partial charge in [-0.2, -0.15) is 0 Å². The fourth-order valence-corrected chi connectivity index (χ4v) is 2.89. The third-order valence-electron chi connectivity index (χ3n) is 4.20. The highest BCUT2D eigenvalue weighted by Crippen LogP contribution is 2.39. The molecule has 1 saturated carbocycles. The molecule has 25 heavy (non-hydrogen) atoms. The molecule has 1 N–H and O–H groups in total. The van der Waals surface area contributed by atoms with Crippen molar-refractivity contribution in [2.24, 2.45) is 0 Å². The predicted octanol–water partition coefficient (Wildman–Crippen LogP) is 2.64. The molecule has 0 saturated heterocycles. The number of aromatic nitrogens is 3. The highest BCUT2D eigenvalue weighted by molar-refractivity contribution is 5.93. The van der Waals surface area contributed by atoms with Crippen molar-refractivity contribution in [1.29, 1.82) is 0 Å². The number of carboxylic acids is 1. The molecule has 0 radical (unpaired) electrons. The lowest BCUT2D eigenvalue weighted by Gasteiger charge is -2.16. The number of pyridine rings is 1. The maximum Gasteiger partial charge on any atom is 0.341 e. The molecule has 3 aromatic rings. The van der Waals surface area contributed by atoms with Crippen LogP contribution in [0.3, 0.4) is 0 Å². The fraction of sp³-hybridized carbons (Fsp3) is 0.188. The van der Waals surface area contributed by atoms with E-state index in [4.69, 9.17) is 5.11 Å². The monoisotopic (exact) mass is 349 g/mol. The number of carbonyl (C=O) groups is 1. The van der Waals surface area contributed by atoms with Crippen LogP contribution in [-0.4, -0.2) is 25.2 Å². The van der Waals surface area contributed by atoms with Gasteiger partial charge in [-0.15, -0.1) is 0 Å². The van der Waals surface area contributed by atoms with Gasteiger partial charge in [-0.1, -0.05) is 0 Å². The summed E-state index contributed by atoms with van der Waals surface area (Å²) in [6, 6.07) is -0.267. The molecular weight excluding hydrogens is 339 g/mol. The van der Waals surface area contributed by atoms with E-state index in [1.165, 1.54) is 17.0 Å². The number of halogens is 3. The summed E-state index contributed by atoms with van der Waals surface area (Å²) in [7, 11) is 0. The van der Waals surface area contributed by atoms with Crippen molar-refractivity contribution < 1.29 is 23.1 Å². The molecule has 0 unspecified atom stereocenters. The number of nitrogens with zero attached hydrogens (tertiary/aromatic N) is 3. The summed E-state index contributed by atoms with van der Waals surface area (Å²) in [5.41, 5.74) is -3.14. The van der Waals surface area contributed by atoms with Crippen LogP contribution in [0.15, 0.2) is 29.7 Å². The molecule has 128 valence electrons. The van der Waals surface area contributed by atoms with Gasteiger partial charge in [0.05, 0.1) is 17.2 Å². The summed E-state index contributed by atoms with van der Waals surface area (Å²) in [6.45, 7) is 0. The lowest BCUT2D eigenvalue weighted by atomic mass is 10.1. The van der Waals surface area contributed by atoms with Crippen LogP contribution in [0.4, 0.5) is 13.2 Å². The van der Waals surface area contributed by atoms with Crippen LogP contribution in [-0.2, 0) is 0 Å². The van der Waals surface area contributed by atoms with E-state index in [1.807, 2.05) is 0 Å². The first-order chi connectivity index (χ1) is 11.9. The minimum atomic E-state index is -1.58. The summed E-state index contributed by atoms with van der Waals surface area (Å²) in [4.78, 5) is 27.2. The minimum Gasteiger partial charge on any atom is -0.477 e. The van der Waals surface area contributed by atoms with Crippen LogP contribution in [0.2, 0.25) is 0 Å². The van der Waals surface area contributed by atoms with Gasteiger partial charge in [0, 0.05) is 24.6 Å². The summed E-state index contributed by atoms with van der Waals surface area (Å²) < 4.78 is 46.3. The Morgan fingerprint density at radius 1 is 1.20 bits per heavy atom. The van der Waals surface area contributed by atoms with Crippen molar-refractivity contribution in [3.63, 3.8) is 0 Å². The van der Waals surface area contributed by atoms with Crippen molar-refractivity contribution in [3.8, 4) is 5.69 Å². The maximum absolute atomic E-state index is 15.1. The number of imidazole rings is 1. The molecule has 1 aliphatic carbocycles. The van der Waals surface area contributed by atoms with E-state index in [9.17, 15) is 18.4 Å².